The fourth-order valence-corrected chi connectivity index (χ4v) is 7.55. The molecule has 1 aromatic heterocycles. The molecule has 0 atom stereocenters. The minimum Gasteiger partial charge on any atom is -0.208 e. The van der Waals surface area contributed by atoms with Gasteiger partial charge in [0.25, 0.3) is 0 Å². The van der Waals surface area contributed by atoms with Crippen molar-refractivity contribution in [1.82, 2.24) is 15.0 Å². The standard InChI is InChI=1S/C44H37N3/c1-43(2)28-44(3,4)39-27-35(22-23-38(39)43)33-18-19-34-26-37(21-20-32(34)24-33)42-46-40(30-14-9-6-10-15-30)45-41(47-42)36-17-11-16-31(25-36)29-12-7-5-8-13-29/h5-27H,28H2,1-4H3. The summed E-state index contributed by atoms with van der Waals surface area (Å²) in [7, 11) is 0. The van der Waals surface area contributed by atoms with Crippen LogP contribution in [0.4, 0.5) is 0 Å². The minimum atomic E-state index is 0.172. The van der Waals surface area contributed by atoms with Crippen molar-refractivity contribution in [1.29, 1.82) is 0 Å². The van der Waals surface area contributed by atoms with E-state index < -0.39 is 0 Å². The Labute approximate surface area is 277 Å². The molecule has 0 spiro atoms. The predicted molar refractivity (Wildman–Crippen MR) is 195 cm³/mol. The van der Waals surface area contributed by atoms with Gasteiger partial charge in [-0.1, -0.05) is 149 Å². The molecule has 228 valence electrons. The molecule has 0 N–H and O–H groups in total. The van der Waals surface area contributed by atoms with Crippen molar-refractivity contribution in [3.63, 3.8) is 0 Å². The zero-order chi connectivity index (χ0) is 32.2. The van der Waals surface area contributed by atoms with Gasteiger partial charge in [0.05, 0.1) is 0 Å². The number of fused-ring (bicyclic) bond motifs is 2. The van der Waals surface area contributed by atoms with E-state index in [4.69, 9.17) is 15.0 Å². The molecule has 3 heteroatoms. The molecule has 0 fully saturated rings. The first kappa shape index (κ1) is 29.0. The summed E-state index contributed by atoms with van der Waals surface area (Å²) in [6, 6.07) is 49.3. The Hall–Kier alpha value is -5.41. The van der Waals surface area contributed by atoms with E-state index in [1.54, 1.807) is 0 Å². The summed E-state index contributed by atoms with van der Waals surface area (Å²) in [6.07, 6.45) is 1.17. The van der Waals surface area contributed by atoms with Crippen LogP contribution in [0.3, 0.4) is 0 Å². The highest BCUT2D eigenvalue weighted by Gasteiger charge is 2.41. The summed E-state index contributed by atoms with van der Waals surface area (Å²) >= 11 is 0. The quantitative estimate of drug-likeness (QED) is 0.195. The molecule has 7 aromatic rings. The molecule has 0 radical (unpaired) electrons. The molecule has 8 rings (SSSR count). The van der Waals surface area contributed by atoms with Crippen molar-refractivity contribution in [3.8, 4) is 56.4 Å². The second-order valence-corrected chi connectivity index (χ2v) is 14.1. The van der Waals surface area contributed by atoms with Crippen LogP contribution in [-0.4, -0.2) is 15.0 Å². The minimum absolute atomic E-state index is 0.172. The lowest BCUT2D eigenvalue weighted by atomic mass is 9.82. The average Bonchev–Trinajstić information content (AvgIpc) is 3.30. The van der Waals surface area contributed by atoms with E-state index >= 15 is 0 Å². The van der Waals surface area contributed by atoms with E-state index in [2.05, 4.69) is 131 Å². The Morgan fingerprint density at radius 3 is 1.49 bits per heavy atom. The molecule has 1 aliphatic carbocycles. The zero-order valence-electron chi connectivity index (χ0n) is 27.3. The SMILES string of the molecule is CC1(C)CC(C)(C)c2cc(-c3ccc4cc(-c5nc(-c6ccccc6)nc(-c6cccc(-c7ccccc7)c6)n5)ccc4c3)ccc21. The number of hydrogen-bond donors (Lipinski definition) is 0. The number of hydrogen-bond acceptors (Lipinski definition) is 3. The van der Waals surface area contributed by atoms with Crippen LogP contribution in [0.25, 0.3) is 67.2 Å². The molecule has 6 aromatic carbocycles. The van der Waals surface area contributed by atoms with Gasteiger partial charge in [0.2, 0.25) is 0 Å². The van der Waals surface area contributed by atoms with Crippen LogP contribution in [0.5, 0.6) is 0 Å². The Bertz CT molecular complexity index is 2270. The normalized spacial score (nSPS) is 14.6. The highest BCUT2D eigenvalue weighted by atomic mass is 15.0. The maximum absolute atomic E-state index is 5.04. The third-order valence-electron chi connectivity index (χ3n) is 9.69. The van der Waals surface area contributed by atoms with E-state index in [0.717, 1.165) is 33.2 Å². The summed E-state index contributed by atoms with van der Waals surface area (Å²) in [6.45, 7) is 9.49. The Kier molecular flexibility index (Phi) is 6.88. The Morgan fingerprint density at radius 1 is 0.362 bits per heavy atom. The molecule has 0 saturated heterocycles. The van der Waals surface area contributed by atoms with Crippen LogP contribution in [0.15, 0.2) is 140 Å². The van der Waals surface area contributed by atoms with Gasteiger partial charge in [0.1, 0.15) is 0 Å². The Morgan fingerprint density at radius 2 is 0.809 bits per heavy atom. The fourth-order valence-electron chi connectivity index (χ4n) is 7.55. The van der Waals surface area contributed by atoms with Gasteiger partial charge in [-0.2, -0.15) is 0 Å². The van der Waals surface area contributed by atoms with Crippen molar-refractivity contribution in [2.45, 2.75) is 44.9 Å². The number of nitrogens with zero attached hydrogens (tertiary/aromatic N) is 3. The number of rotatable bonds is 5. The van der Waals surface area contributed by atoms with Crippen molar-refractivity contribution < 1.29 is 0 Å². The third kappa shape index (κ3) is 5.42. The topological polar surface area (TPSA) is 38.7 Å². The Balaban J connectivity index is 1.19. The zero-order valence-corrected chi connectivity index (χ0v) is 27.3. The summed E-state index contributed by atoms with van der Waals surface area (Å²) < 4.78 is 0. The molecule has 3 nitrogen and oxygen atoms in total. The molecule has 0 saturated carbocycles. The average molecular weight is 608 g/mol. The van der Waals surface area contributed by atoms with Crippen LogP contribution in [0.2, 0.25) is 0 Å². The van der Waals surface area contributed by atoms with E-state index in [1.807, 2.05) is 36.4 Å². The van der Waals surface area contributed by atoms with Crippen LogP contribution in [0, 0.1) is 0 Å². The largest absolute Gasteiger partial charge is 0.208 e. The molecule has 0 bridgehead atoms. The fraction of sp³-hybridized carbons (Fsp3) is 0.159. The van der Waals surface area contributed by atoms with Crippen LogP contribution in [0.1, 0.15) is 45.2 Å². The lowest BCUT2D eigenvalue weighted by molar-refractivity contribution is 0.403. The first-order valence-corrected chi connectivity index (χ1v) is 16.4. The first-order chi connectivity index (χ1) is 22.7. The number of aromatic nitrogens is 3. The molecular formula is C44H37N3. The summed E-state index contributed by atoms with van der Waals surface area (Å²) in [5.41, 5.74) is 11.0. The molecule has 47 heavy (non-hydrogen) atoms. The van der Waals surface area contributed by atoms with Crippen molar-refractivity contribution in [2.75, 3.05) is 0 Å². The van der Waals surface area contributed by atoms with Crippen LogP contribution in [-0.2, 0) is 10.8 Å². The van der Waals surface area contributed by atoms with E-state index in [1.165, 1.54) is 34.1 Å². The highest BCUT2D eigenvalue weighted by Crippen LogP contribution is 2.50. The number of benzene rings is 6. The summed E-state index contributed by atoms with van der Waals surface area (Å²) in [5, 5.41) is 2.35. The monoisotopic (exact) mass is 607 g/mol. The van der Waals surface area contributed by atoms with E-state index in [9.17, 15) is 0 Å². The lowest BCUT2D eigenvalue weighted by Gasteiger charge is -2.22. The molecule has 0 amide bonds. The lowest BCUT2D eigenvalue weighted by Crippen LogP contribution is -2.17. The molecule has 0 unspecified atom stereocenters. The van der Waals surface area contributed by atoms with Gasteiger partial charge >= 0.3 is 0 Å². The predicted octanol–water partition coefficient (Wildman–Crippen LogP) is 11.3. The van der Waals surface area contributed by atoms with Gasteiger partial charge in [-0.3, -0.25) is 0 Å². The summed E-state index contributed by atoms with van der Waals surface area (Å²) in [5.74, 6) is 1.98. The molecule has 0 aliphatic heterocycles. The van der Waals surface area contributed by atoms with Gasteiger partial charge in [0, 0.05) is 16.7 Å². The first-order valence-electron chi connectivity index (χ1n) is 16.4. The highest BCUT2D eigenvalue weighted by molar-refractivity contribution is 5.90. The van der Waals surface area contributed by atoms with Gasteiger partial charge in [-0.05, 0) is 79.6 Å². The maximum atomic E-state index is 5.04. The van der Waals surface area contributed by atoms with Crippen LogP contribution < -0.4 is 0 Å². The molecular weight excluding hydrogens is 571 g/mol. The van der Waals surface area contributed by atoms with Crippen molar-refractivity contribution >= 4 is 10.8 Å². The smallest absolute Gasteiger partial charge is 0.164 e. The van der Waals surface area contributed by atoms with Crippen molar-refractivity contribution in [2.24, 2.45) is 0 Å². The third-order valence-corrected chi connectivity index (χ3v) is 9.69. The van der Waals surface area contributed by atoms with Gasteiger partial charge in [0.15, 0.2) is 17.5 Å². The maximum Gasteiger partial charge on any atom is 0.164 e. The van der Waals surface area contributed by atoms with Crippen LogP contribution >= 0.6 is 0 Å². The second-order valence-electron chi connectivity index (χ2n) is 14.1. The van der Waals surface area contributed by atoms with Gasteiger partial charge in [-0.15, -0.1) is 0 Å². The van der Waals surface area contributed by atoms with E-state index in [0.29, 0.717) is 17.5 Å². The summed E-state index contributed by atoms with van der Waals surface area (Å²) in [4.78, 5) is 15.0. The van der Waals surface area contributed by atoms with Gasteiger partial charge in [-0.25, -0.2) is 15.0 Å². The molecule has 1 aliphatic rings. The molecule has 1 heterocycles. The second kappa shape index (κ2) is 11.1. The van der Waals surface area contributed by atoms with Gasteiger partial charge < -0.3 is 0 Å². The van der Waals surface area contributed by atoms with Crippen molar-refractivity contribution in [3.05, 3.63) is 151 Å². The van der Waals surface area contributed by atoms with E-state index in [-0.39, 0.29) is 10.8 Å².